The monoisotopic (exact) mass is 262 g/mol. The van der Waals surface area contributed by atoms with E-state index in [0.717, 1.165) is 17.9 Å². The molecule has 0 spiro atoms. The molecular weight excluding hydrogens is 247 g/mol. The molecule has 0 aliphatic carbocycles. The molecule has 3 rings (SSSR count). The predicted octanol–water partition coefficient (Wildman–Crippen LogP) is 1.52. The molecule has 1 N–H and O–H groups in total. The number of nitrogens with one attached hydrogen (secondary N) is 1. The van der Waals surface area contributed by atoms with Crippen molar-refractivity contribution in [2.75, 3.05) is 19.8 Å². The van der Waals surface area contributed by atoms with Crippen molar-refractivity contribution >= 4 is 0 Å². The summed E-state index contributed by atoms with van der Waals surface area (Å²) in [5.41, 5.74) is 1.88. The van der Waals surface area contributed by atoms with Crippen LogP contribution in [0.3, 0.4) is 0 Å². The van der Waals surface area contributed by atoms with E-state index in [1.807, 2.05) is 6.07 Å². The van der Waals surface area contributed by atoms with Crippen LogP contribution in [0.4, 0.5) is 4.39 Å². The number of rotatable bonds is 3. The van der Waals surface area contributed by atoms with Crippen LogP contribution in [0, 0.1) is 5.82 Å². The van der Waals surface area contributed by atoms with Gasteiger partial charge in [-0.2, -0.15) is 5.10 Å². The number of pyridine rings is 1. The minimum Gasteiger partial charge on any atom is -0.378 e. The number of aromatic amines is 1. The quantitative estimate of drug-likeness (QED) is 0.911. The average molecular weight is 262 g/mol. The van der Waals surface area contributed by atoms with Gasteiger partial charge in [0.05, 0.1) is 36.8 Å². The number of hydrogen-bond donors (Lipinski definition) is 1. The van der Waals surface area contributed by atoms with Gasteiger partial charge in [0.2, 0.25) is 0 Å². The van der Waals surface area contributed by atoms with E-state index in [1.165, 1.54) is 12.3 Å². The number of H-pyrrole nitrogens is 1. The molecule has 1 atom stereocenters. The summed E-state index contributed by atoms with van der Waals surface area (Å²) in [5.74, 6) is -0.309. The van der Waals surface area contributed by atoms with Crippen LogP contribution in [0.15, 0.2) is 30.6 Å². The van der Waals surface area contributed by atoms with Crippen molar-refractivity contribution in [3.05, 3.63) is 47.8 Å². The topological polar surface area (TPSA) is 54.0 Å². The molecule has 2 aromatic heterocycles. The summed E-state index contributed by atoms with van der Waals surface area (Å²) < 4.78 is 18.4. The van der Waals surface area contributed by atoms with Crippen molar-refractivity contribution in [3.63, 3.8) is 0 Å². The second kappa shape index (κ2) is 5.46. The Morgan fingerprint density at radius 1 is 1.42 bits per heavy atom. The lowest BCUT2D eigenvalue weighted by Crippen LogP contribution is -2.39. The average Bonchev–Trinajstić information content (AvgIpc) is 2.96. The second-order valence-electron chi connectivity index (χ2n) is 4.54. The van der Waals surface area contributed by atoms with Gasteiger partial charge in [-0.3, -0.25) is 15.0 Å². The molecule has 5 nitrogen and oxygen atoms in total. The molecule has 19 heavy (non-hydrogen) atoms. The van der Waals surface area contributed by atoms with Gasteiger partial charge < -0.3 is 4.74 Å². The molecule has 0 bridgehead atoms. The molecule has 6 heteroatoms. The molecule has 0 aromatic carbocycles. The highest BCUT2D eigenvalue weighted by Gasteiger charge is 2.25. The highest BCUT2D eigenvalue weighted by molar-refractivity contribution is 5.09. The van der Waals surface area contributed by atoms with Crippen LogP contribution < -0.4 is 0 Å². The molecule has 0 amide bonds. The summed E-state index contributed by atoms with van der Waals surface area (Å²) in [4.78, 5) is 6.37. The molecule has 3 heterocycles. The standard InChI is InChI=1S/C13H15FN4O/c14-10-1-2-11(15-7-10)8-18-5-6-19-9-13(18)12-3-4-16-17-12/h1-4,7,13H,5-6,8-9H2,(H,16,17)/t13-/m1/s1. The molecule has 1 aliphatic heterocycles. The maximum Gasteiger partial charge on any atom is 0.141 e. The Hall–Kier alpha value is -1.79. The van der Waals surface area contributed by atoms with Crippen LogP contribution in [0.25, 0.3) is 0 Å². The number of aromatic nitrogens is 3. The van der Waals surface area contributed by atoms with Gasteiger partial charge in [-0.25, -0.2) is 4.39 Å². The number of morpholine rings is 1. The first-order chi connectivity index (χ1) is 9.33. The third-order valence-electron chi connectivity index (χ3n) is 3.27. The normalized spacial score (nSPS) is 20.6. The van der Waals surface area contributed by atoms with Crippen molar-refractivity contribution in [3.8, 4) is 0 Å². The largest absolute Gasteiger partial charge is 0.378 e. The molecule has 100 valence electrons. The van der Waals surface area contributed by atoms with E-state index in [2.05, 4.69) is 20.1 Å². The fraction of sp³-hybridized carbons (Fsp3) is 0.385. The molecular formula is C13H15FN4O. The maximum absolute atomic E-state index is 12.9. The van der Waals surface area contributed by atoms with Gasteiger partial charge in [-0.1, -0.05) is 0 Å². The van der Waals surface area contributed by atoms with E-state index in [4.69, 9.17) is 4.74 Å². The van der Waals surface area contributed by atoms with Gasteiger partial charge in [-0.05, 0) is 18.2 Å². The fourth-order valence-electron chi connectivity index (χ4n) is 2.27. The minimum absolute atomic E-state index is 0.142. The number of ether oxygens (including phenoxy) is 1. The van der Waals surface area contributed by atoms with E-state index >= 15 is 0 Å². The van der Waals surface area contributed by atoms with Crippen LogP contribution in [0.5, 0.6) is 0 Å². The molecule has 0 radical (unpaired) electrons. The van der Waals surface area contributed by atoms with Gasteiger partial charge in [0.1, 0.15) is 5.82 Å². The zero-order chi connectivity index (χ0) is 13.1. The van der Waals surface area contributed by atoms with Crippen molar-refractivity contribution < 1.29 is 9.13 Å². The maximum atomic E-state index is 12.9. The first kappa shape index (κ1) is 12.3. The molecule has 0 unspecified atom stereocenters. The Morgan fingerprint density at radius 3 is 3.11 bits per heavy atom. The lowest BCUT2D eigenvalue weighted by molar-refractivity contribution is -0.0148. The SMILES string of the molecule is Fc1ccc(CN2CCOC[C@@H]2c2ccn[nH]2)nc1. The Morgan fingerprint density at radius 2 is 2.37 bits per heavy atom. The lowest BCUT2D eigenvalue weighted by Gasteiger charge is -2.34. The van der Waals surface area contributed by atoms with Gasteiger partial charge in [0.25, 0.3) is 0 Å². The van der Waals surface area contributed by atoms with Crippen molar-refractivity contribution in [1.82, 2.24) is 20.1 Å². The Labute approximate surface area is 110 Å². The van der Waals surface area contributed by atoms with Crippen LogP contribution in [-0.4, -0.2) is 39.8 Å². The van der Waals surface area contributed by atoms with Crippen molar-refractivity contribution in [2.45, 2.75) is 12.6 Å². The minimum atomic E-state index is -0.309. The van der Waals surface area contributed by atoms with Gasteiger partial charge in [0.15, 0.2) is 0 Å². The van der Waals surface area contributed by atoms with E-state index < -0.39 is 0 Å². The third kappa shape index (κ3) is 2.80. The zero-order valence-electron chi connectivity index (χ0n) is 10.4. The van der Waals surface area contributed by atoms with Gasteiger partial charge in [-0.15, -0.1) is 0 Å². The van der Waals surface area contributed by atoms with E-state index in [9.17, 15) is 4.39 Å². The number of nitrogens with zero attached hydrogens (tertiary/aromatic N) is 3. The van der Waals surface area contributed by atoms with E-state index in [-0.39, 0.29) is 11.9 Å². The highest BCUT2D eigenvalue weighted by Crippen LogP contribution is 2.23. The van der Waals surface area contributed by atoms with Crippen LogP contribution in [0.2, 0.25) is 0 Å². The first-order valence-corrected chi connectivity index (χ1v) is 6.24. The summed E-state index contributed by atoms with van der Waals surface area (Å²) in [6.45, 7) is 2.82. The summed E-state index contributed by atoms with van der Waals surface area (Å²) in [6.07, 6.45) is 2.99. The lowest BCUT2D eigenvalue weighted by atomic mass is 10.1. The molecule has 1 saturated heterocycles. The number of hydrogen-bond acceptors (Lipinski definition) is 4. The Kier molecular flexibility index (Phi) is 3.52. The smallest absolute Gasteiger partial charge is 0.141 e. The summed E-state index contributed by atoms with van der Waals surface area (Å²) >= 11 is 0. The molecule has 0 saturated carbocycles. The zero-order valence-corrected chi connectivity index (χ0v) is 10.4. The van der Waals surface area contributed by atoms with Crippen LogP contribution >= 0.6 is 0 Å². The fourth-order valence-corrected chi connectivity index (χ4v) is 2.27. The Bertz CT molecular complexity index is 514. The Balaban J connectivity index is 1.75. The van der Waals surface area contributed by atoms with Gasteiger partial charge in [0, 0.05) is 19.3 Å². The number of halogens is 1. The van der Waals surface area contributed by atoms with Crippen molar-refractivity contribution in [1.29, 1.82) is 0 Å². The first-order valence-electron chi connectivity index (χ1n) is 6.24. The predicted molar refractivity (Wildman–Crippen MR) is 66.8 cm³/mol. The second-order valence-corrected chi connectivity index (χ2v) is 4.54. The van der Waals surface area contributed by atoms with Crippen molar-refractivity contribution in [2.24, 2.45) is 0 Å². The summed E-state index contributed by atoms with van der Waals surface area (Å²) in [6, 6.07) is 5.25. The molecule has 2 aromatic rings. The van der Waals surface area contributed by atoms with Crippen LogP contribution in [-0.2, 0) is 11.3 Å². The molecule has 1 fully saturated rings. The van der Waals surface area contributed by atoms with Gasteiger partial charge >= 0.3 is 0 Å². The molecule has 1 aliphatic rings. The summed E-state index contributed by atoms with van der Waals surface area (Å²) in [5, 5.41) is 6.96. The third-order valence-corrected chi connectivity index (χ3v) is 3.27. The van der Waals surface area contributed by atoms with Crippen LogP contribution in [0.1, 0.15) is 17.4 Å². The highest BCUT2D eigenvalue weighted by atomic mass is 19.1. The summed E-state index contributed by atoms with van der Waals surface area (Å²) in [7, 11) is 0. The van der Waals surface area contributed by atoms with E-state index in [1.54, 1.807) is 12.3 Å². The van der Waals surface area contributed by atoms with E-state index in [0.29, 0.717) is 19.8 Å².